The molecular formula is C20H29N3O2. The van der Waals surface area contributed by atoms with Crippen molar-refractivity contribution in [2.24, 2.45) is 11.3 Å². The number of anilines is 1. The molecule has 5 nitrogen and oxygen atoms in total. The van der Waals surface area contributed by atoms with E-state index in [0.717, 1.165) is 42.7 Å². The Labute approximate surface area is 150 Å². The molecule has 25 heavy (non-hydrogen) atoms. The molecule has 5 heteroatoms. The molecule has 2 N–H and O–H groups in total. The summed E-state index contributed by atoms with van der Waals surface area (Å²) >= 11 is 0. The largest absolute Gasteiger partial charge is 0.355 e. The average molecular weight is 343 g/mol. The van der Waals surface area contributed by atoms with Gasteiger partial charge >= 0.3 is 0 Å². The zero-order valence-electron chi connectivity index (χ0n) is 15.5. The zero-order valence-corrected chi connectivity index (χ0v) is 15.5. The van der Waals surface area contributed by atoms with Gasteiger partial charge in [-0.3, -0.25) is 9.59 Å². The summed E-state index contributed by atoms with van der Waals surface area (Å²) in [5.74, 6) is -0.194. The first-order chi connectivity index (χ1) is 11.9. The lowest BCUT2D eigenvalue weighted by Crippen LogP contribution is -2.44. The van der Waals surface area contributed by atoms with Crippen LogP contribution in [0.5, 0.6) is 0 Å². The summed E-state index contributed by atoms with van der Waals surface area (Å²) in [6, 6.07) is 5.98. The summed E-state index contributed by atoms with van der Waals surface area (Å²) in [5.41, 5.74) is 3.37. The SMILES string of the molecule is Cc1cccc(N2CC(C(=O)NCC3(C)CCNCC3)CC2=O)c1C. The van der Waals surface area contributed by atoms with Gasteiger partial charge in [-0.25, -0.2) is 0 Å². The Bertz CT molecular complexity index is 665. The fraction of sp³-hybridized carbons (Fsp3) is 0.600. The van der Waals surface area contributed by atoms with E-state index < -0.39 is 0 Å². The first-order valence-corrected chi connectivity index (χ1v) is 9.25. The van der Waals surface area contributed by atoms with Crippen molar-refractivity contribution < 1.29 is 9.59 Å². The van der Waals surface area contributed by atoms with Gasteiger partial charge in [-0.05, 0) is 62.4 Å². The molecule has 1 aromatic carbocycles. The summed E-state index contributed by atoms with van der Waals surface area (Å²) in [5, 5.41) is 6.47. The van der Waals surface area contributed by atoms with Crippen LogP contribution in [0.4, 0.5) is 5.69 Å². The Balaban J connectivity index is 1.62. The summed E-state index contributed by atoms with van der Waals surface area (Å²) in [6.07, 6.45) is 2.45. The highest BCUT2D eigenvalue weighted by Gasteiger charge is 2.36. The lowest BCUT2D eigenvalue weighted by molar-refractivity contribution is -0.126. The van der Waals surface area contributed by atoms with Crippen LogP contribution in [0, 0.1) is 25.2 Å². The van der Waals surface area contributed by atoms with Crippen LogP contribution >= 0.6 is 0 Å². The molecule has 2 saturated heterocycles. The molecule has 0 aromatic heterocycles. The molecule has 1 unspecified atom stereocenters. The van der Waals surface area contributed by atoms with Crippen molar-refractivity contribution in [2.75, 3.05) is 31.1 Å². The van der Waals surface area contributed by atoms with Crippen molar-refractivity contribution >= 4 is 17.5 Å². The first-order valence-electron chi connectivity index (χ1n) is 9.25. The molecule has 3 rings (SSSR count). The fourth-order valence-electron chi connectivity index (χ4n) is 3.80. The molecule has 136 valence electrons. The van der Waals surface area contributed by atoms with E-state index in [4.69, 9.17) is 0 Å². The van der Waals surface area contributed by atoms with E-state index in [1.165, 1.54) is 0 Å². The fourth-order valence-corrected chi connectivity index (χ4v) is 3.80. The summed E-state index contributed by atoms with van der Waals surface area (Å²) in [7, 11) is 0. The quantitative estimate of drug-likeness (QED) is 0.881. The maximum Gasteiger partial charge on any atom is 0.227 e. The van der Waals surface area contributed by atoms with Gasteiger partial charge in [0.05, 0.1) is 5.92 Å². The van der Waals surface area contributed by atoms with E-state index in [-0.39, 0.29) is 23.1 Å². The van der Waals surface area contributed by atoms with Crippen molar-refractivity contribution in [1.82, 2.24) is 10.6 Å². The van der Waals surface area contributed by atoms with Gasteiger partial charge in [0.1, 0.15) is 0 Å². The third-order valence-corrected chi connectivity index (χ3v) is 5.86. The number of aryl methyl sites for hydroxylation is 1. The molecule has 2 aliphatic heterocycles. The topological polar surface area (TPSA) is 61.4 Å². The third kappa shape index (κ3) is 3.87. The van der Waals surface area contributed by atoms with E-state index in [1.807, 2.05) is 32.0 Å². The zero-order chi connectivity index (χ0) is 18.0. The van der Waals surface area contributed by atoms with Crippen molar-refractivity contribution in [2.45, 2.75) is 40.0 Å². The number of benzene rings is 1. The predicted molar refractivity (Wildman–Crippen MR) is 99.6 cm³/mol. The highest BCUT2D eigenvalue weighted by Crippen LogP contribution is 2.30. The first kappa shape index (κ1) is 17.9. The molecule has 0 saturated carbocycles. The summed E-state index contributed by atoms with van der Waals surface area (Å²) < 4.78 is 0. The van der Waals surface area contributed by atoms with Crippen LogP contribution in [0.15, 0.2) is 18.2 Å². The second-order valence-electron chi connectivity index (χ2n) is 7.90. The molecule has 0 aliphatic carbocycles. The smallest absolute Gasteiger partial charge is 0.227 e. The molecule has 1 aromatic rings. The minimum atomic E-state index is -0.252. The maximum atomic E-state index is 12.6. The van der Waals surface area contributed by atoms with Gasteiger partial charge in [0.2, 0.25) is 11.8 Å². The van der Waals surface area contributed by atoms with Crippen LogP contribution in [-0.4, -0.2) is 38.0 Å². The molecule has 2 heterocycles. The standard InChI is InChI=1S/C20H29N3O2/c1-14-5-4-6-17(15(14)2)23-12-16(11-18(23)24)19(25)22-13-20(3)7-9-21-10-8-20/h4-6,16,21H,7-13H2,1-3H3,(H,22,25). The summed E-state index contributed by atoms with van der Waals surface area (Å²) in [6.45, 7) is 9.50. The molecule has 2 aliphatic rings. The van der Waals surface area contributed by atoms with E-state index in [0.29, 0.717) is 19.5 Å². The van der Waals surface area contributed by atoms with Crippen LogP contribution in [0.3, 0.4) is 0 Å². The monoisotopic (exact) mass is 343 g/mol. The number of nitrogens with one attached hydrogen (secondary N) is 2. The van der Waals surface area contributed by atoms with Gasteiger partial charge in [0.15, 0.2) is 0 Å². The molecule has 0 bridgehead atoms. The number of hydrogen-bond donors (Lipinski definition) is 2. The Morgan fingerprint density at radius 2 is 2.04 bits per heavy atom. The highest BCUT2D eigenvalue weighted by molar-refractivity contribution is 6.00. The van der Waals surface area contributed by atoms with Crippen molar-refractivity contribution in [1.29, 1.82) is 0 Å². The van der Waals surface area contributed by atoms with Crippen molar-refractivity contribution in [3.05, 3.63) is 29.3 Å². The Morgan fingerprint density at radius 3 is 2.76 bits per heavy atom. The number of piperidine rings is 1. The van der Waals surface area contributed by atoms with Crippen molar-refractivity contribution in [3.8, 4) is 0 Å². The number of hydrogen-bond acceptors (Lipinski definition) is 3. The number of nitrogens with zero attached hydrogens (tertiary/aromatic N) is 1. The van der Waals surface area contributed by atoms with Crippen LogP contribution in [-0.2, 0) is 9.59 Å². The molecular weight excluding hydrogens is 314 g/mol. The van der Waals surface area contributed by atoms with Gasteiger partial charge in [-0.2, -0.15) is 0 Å². The number of amides is 2. The Morgan fingerprint density at radius 1 is 1.32 bits per heavy atom. The highest BCUT2D eigenvalue weighted by atomic mass is 16.2. The van der Waals surface area contributed by atoms with Gasteiger partial charge in [-0.15, -0.1) is 0 Å². The van der Waals surface area contributed by atoms with Gasteiger partial charge in [-0.1, -0.05) is 19.1 Å². The van der Waals surface area contributed by atoms with Gasteiger partial charge in [0.25, 0.3) is 0 Å². The third-order valence-electron chi connectivity index (χ3n) is 5.86. The van der Waals surface area contributed by atoms with E-state index >= 15 is 0 Å². The predicted octanol–water partition coefficient (Wildman–Crippen LogP) is 2.16. The van der Waals surface area contributed by atoms with Crippen LogP contribution in [0.25, 0.3) is 0 Å². The Kier molecular flexibility index (Phi) is 5.13. The minimum Gasteiger partial charge on any atom is -0.355 e. The lowest BCUT2D eigenvalue weighted by Gasteiger charge is -2.34. The number of rotatable bonds is 4. The van der Waals surface area contributed by atoms with Gasteiger partial charge < -0.3 is 15.5 Å². The lowest BCUT2D eigenvalue weighted by atomic mass is 9.81. The van der Waals surface area contributed by atoms with E-state index in [9.17, 15) is 9.59 Å². The van der Waals surface area contributed by atoms with Crippen LogP contribution in [0.2, 0.25) is 0 Å². The second-order valence-corrected chi connectivity index (χ2v) is 7.90. The van der Waals surface area contributed by atoms with Crippen LogP contribution < -0.4 is 15.5 Å². The molecule has 2 amide bonds. The molecule has 2 fully saturated rings. The summed E-state index contributed by atoms with van der Waals surface area (Å²) in [4.78, 5) is 26.8. The minimum absolute atomic E-state index is 0.0147. The average Bonchev–Trinajstić information content (AvgIpc) is 2.98. The van der Waals surface area contributed by atoms with Crippen molar-refractivity contribution in [3.63, 3.8) is 0 Å². The normalized spacial score (nSPS) is 22.9. The number of carbonyl (C=O) groups excluding carboxylic acids is 2. The molecule has 1 atom stereocenters. The van der Waals surface area contributed by atoms with Crippen LogP contribution in [0.1, 0.15) is 37.3 Å². The molecule has 0 radical (unpaired) electrons. The second kappa shape index (κ2) is 7.16. The number of carbonyl (C=O) groups is 2. The molecule has 0 spiro atoms. The Hall–Kier alpha value is -1.88. The van der Waals surface area contributed by atoms with Gasteiger partial charge in [0, 0.05) is 25.2 Å². The van der Waals surface area contributed by atoms with E-state index in [1.54, 1.807) is 4.90 Å². The maximum absolute atomic E-state index is 12.6. The van der Waals surface area contributed by atoms with E-state index in [2.05, 4.69) is 17.6 Å².